The largest absolute Gasteiger partial charge is 0.462 e. The zero-order valence-electron chi connectivity index (χ0n) is 14.7. The van der Waals surface area contributed by atoms with Crippen LogP contribution >= 0.6 is 0 Å². The average Bonchev–Trinajstić information content (AvgIpc) is 2.67. The molecule has 28 heavy (non-hydrogen) atoms. The maximum atomic E-state index is 13.2. The molecule has 0 aliphatic rings. The number of pyridine rings is 1. The number of hydrogen-bond acceptors (Lipinski definition) is 5. The molecule has 0 fully saturated rings. The van der Waals surface area contributed by atoms with Gasteiger partial charge in [-0.1, -0.05) is 12.1 Å². The number of nitrogens with one attached hydrogen (secondary N) is 1. The van der Waals surface area contributed by atoms with Crippen LogP contribution in [0.2, 0.25) is 0 Å². The van der Waals surface area contributed by atoms with Crippen LogP contribution in [0.15, 0.2) is 48.7 Å². The Morgan fingerprint density at radius 1 is 1.25 bits per heavy atom. The number of aromatic nitrogens is 1. The highest BCUT2D eigenvalue weighted by molar-refractivity contribution is 6.06. The molecule has 0 aliphatic heterocycles. The zero-order chi connectivity index (χ0) is 20.3. The fraction of sp³-hybridized carbons (Fsp3) is 0.150. The van der Waals surface area contributed by atoms with Crippen LogP contribution in [-0.2, 0) is 10.9 Å². The Kier molecular flexibility index (Phi) is 5.18. The first-order chi connectivity index (χ1) is 13.3. The third-order valence-corrected chi connectivity index (χ3v) is 4.00. The minimum Gasteiger partial charge on any atom is -0.462 e. The van der Waals surface area contributed by atoms with Crippen LogP contribution in [-0.4, -0.2) is 17.6 Å². The summed E-state index contributed by atoms with van der Waals surface area (Å²) in [6.07, 6.45) is -3.32. The molecule has 0 atom stereocenters. The van der Waals surface area contributed by atoms with Crippen LogP contribution in [0.5, 0.6) is 0 Å². The number of anilines is 2. The number of para-hydroxylation sites is 1. The summed E-state index contributed by atoms with van der Waals surface area (Å²) in [6, 6.07) is 11.5. The summed E-state index contributed by atoms with van der Waals surface area (Å²) in [4.78, 5) is 16.4. The Bertz CT molecular complexity index is 1090. The lowest BCUT2D eigenvalue weighted by Gasteiger charge is -2.16. The van der Waals surface area contributed by atoms with E-state index in [0.717, 1.165) is 12.1 Å². The molecule has 3 aromatic rings. The van der Waals surface area contributed by atoms with Crippen LogP contribution in [0.4, 0.5) is 24.5 Å². The van der Waals surface area contributed by atoms with Gasteiger partial charge in [0.1, 0.15) is 11.6 Å². The molecule has 0 spiro atoms. The maximum absolute atomic E-state index is 13.2. The van der Waals surface area contributed by atoms with E-state index in [1.807, 2.05) is 6.07 Å². The third-order valence-electron chi connectivity index (χ3n) is 4.00. The van der Waals surface area contributed by atoms with E-state index in [1.165, 1.54) is 12.3 Å². The lowest BCUT2D eigenvalue weighted by atomic mass is 10.0. The minimum absolute atomic E-state index is 0.0265. The number of hydrogen-bond donors (Lipinski definition) is 1. The van der Waals surface area contributed by atoms with E-state index in [4.69, 9.17) is 4.74 Å². The van der Waals surface area contributed by atoms with Crippen molar-refractivity contribution in [3.05, 3.63) is 65.4 Å². The molecule has 0 saturated carbocycles. The van der Waals surface area contributed by atoms with E-state index in [-0.39, 0.29) is 34.3 Å². The fourth-order valence-electron chi connectivity index (χ4n) is 2.69. The summed E-state index contributed by atoms with van der Waals surface area (Å²) in [5, 5.41) is 12.3. The molecule has 2 aromatic carbocycles. The Morgan fingerprint density at radius 2 is 2.00 bits per heavy atom. The lowest BCUT2D eigenvalue weighted by Crippen LogP contribution is -2.10. The molecule has 0 aliphatic carbocycles. The third kappa shape index (κ3) is 3.74. The zero-order valence-corrected chi connectivity index (χ0v) is 14.7. The first kappa shape index (κ1) is 19.2. The van der Waals surface area contributed by atoms with Crippen molar-refractivity contribution in [1.82, 2.24) is 4.98 Å². The molecule has 1 aromatic heterocycles. The van der Waals surface area contributed by atoms with Crippen molar-refractivity contribution in [1.29, 1.82) is 5.26 Å². The summed E-state index contributed by atoms with van der Waals surface area (Å²) in [5.41, 5.74) is 0.0748. The van der Waals surface area contributed by atoms with Crippen LogP contribution in [0.25, 0.3) is 10.9 Å². The van der Waals surface area contributed by atoms with Crippen molar-refractivity contribution in [2.45, 2.75) is 13.1 Å². The van der Waals surface area contributed by atoms with Gasteiger partial charge < -0.3 is 10.1 Å². The maximum Gasteiger partial charge on any atom is 0.416 e. The number of ether oxygens (including phenoxy) is 1. The van der Waals surface area contributed by atoms with Gasteiger partial charge in [-0.15, -0.1) is 0 Å². The standard InChI is InChI=1S/C20H14F3N3O2/c1-2-28-19(27)15-11-25-17-8-7-13(20(21,22)23)9-14(17)18(15)26-16-6-4-3-5-12(16)10-24/h3-9,11H,2H2,1H3,(H,25,26). The Balaban J connectivity index is 2.26. The number of nitriles is 1. The molecule has 5 nitrogen and oxygen atoms in total. The van der Waals surface area contributed by atoms with E-state index in [0.29, 0.717) is 5.69 Å². The molecule has 142 valence electrons. The van der Waals surface area contributed by atoms with Gasteiger partial charge in [0.2, 0.25) is 0 Å². The molecule has 0 unspecified atom stereocenters. The summed E-state index contributed by atoms with van der Waals surface area (Å²) >= 11 is 0. The van der Waals surface area contributed by atoms with E-state index in [1.54, 1.807) is 31.2 Å². The van der Waals surface area contributed by atoms with Crippen molar-refractivity contribution in [3.63, 3.8) is 0 Å². The van der Waals surface area contributed by atoms with Gasteiger partial charge in [0, 0.05) is 11.6 Å². The molecule has 8 heteroatoms. The van der Waals surface area contributed by atoms with E-state index < -0.39 is 17.7 Å². The molecule has 0 bridgehead atoms. The molecule has 0 amide bonds. The Hall–Kier alpha value is -3.60. The second-order valence-corrected chi connectivity index (χ2v) is 5.78. The predicted octanol–water partition coefficient (Wildman–Crippen LogP) is 5.05. The monoisotopic (exact) mass is 385 g/mol. The van der Waals surface area contributed by atoms with Gasteiger partial charge in [0.25, 0.3) is 0 Å². The van der Waals surface area contributed by atoms with Gasteiger partial charge in [-0.3, -0.25) is 4.98 Å². The Labute approximate surface area is 158 Å². The van der Waals surface area contributed by atoms with Crippen molar-refractivity contribution in [2.24, 2.45) is 0 Å². The van der Waals surface area contributed by atoms with Gasteiger partial charge in [-0.05, 0) is 37.3 Å². The van der Waals surface area contributed by atoms with Gasteiger partial charge in [0.05, 0.1) is 34.6 Å². The van der Waals surface area contributed by atoms with E-state index in [2.05, 4.69) is 10.3 Å². The molecule has 0 radical (unpaired) electrons. The number of carbonyl (C=O) groups is 1. The molecule has 0 saturated heterocycles. The second-order valence-electron chi connectivity index (χ2n) is 5.78. The van der Waals surface area contributed by atoms with Crippen LogP contribution in [0, 0.1) is 11.3 Å². The first-order valence-electron chi connectivity index (χ1n) is 8.28. The van der Waals surface area contributed by atoms with Gasteiger partial charge in [-0.25, -0.2) is 4.79 Å². The van der Waals surface area contributed by atoms with Crippen molar-refractivity contribution < 1.29 is 22.7 Å². The van der Waals surface area contributed by atoms with Crippen LogP contribution in [0.1, 0.15) is 28.4 Å². The van der Waals surface area contributed by atoms with Crippen molar-refractivity contribution in [2.75, 3.05) is 11.9 Å². The normalized spacial score (nSPS) is 11.1. The minimum atomic E-state index is -4.56. The SMILES string of the molecule is CCOC(=O)c1cnc2ccc(C(F)(F)F)cc2c1Nc1ccccc1C#N. The molecule has 1 N–H and O–H groups in total. The van der Waals surface area contributed by atoms with Crippen molar-refractivity contribution in [3.8, 4) is 6.07 Å². The topological polar surface area (TPSA) is 75.0 Å². The number of benzene rings is 2. The predicted molar refractivity (Wildman–Crippen MR) is 97.1 cm³/mol. The summed E-state index contributed by atoms with van der Waals surface area (Å²) in [5.74, 6) is -0.730. The number of alkyl halides is 3. The van der Waals surface area contributed by atoms with Crippen LogP contribution < -0.4 is 5.32 Å². The highest BCUT2D eigenvalue weighted by Gasteiger charge is 2.31. The number of fused-ring (bicyclic) bond motifs is 1. The summed E-state index contributed by atoms with van der Waals surface area (Å²) in [7, 11) is 0. The van der Waals surface area contributed by atoms with Gasteiger partial charge in [0.15, 0.2) is 0 Å². The molecule has 3 rings (SSSR count). The summed E-state index contributed by atoms with van der Waals surface area (Å²) in [6.45, 7) is 1.71. The van der Waals surface area contributed by atoms with Crippen LogP contribution in [0.3, 0.4) is 0 Å². The average molecular weight is 385 g/mol. The fourth-order valence-corrected chi connectivity index (χ4v) is 2.69. The first-order valence-corrected chi connectivity index (χ1v) is 8.28. The van der Waals surface area contributed by atoms with E-state index >= 15 is 0 Å². The van der Waals surface area contributed by atoms with Gasteiger partial charge >= 0.3 is 12.1 Å². The number of halogens is 3. The lowest BCUT2D eigenvalue weighted by molar-refractivity contribution is -0.137. The number of esters is 1. The molecule has 1 heterocycles. The number of rotatable bonds is 4. The smallest absolute Gasteiger partial charge is 0.416 e. The Morgan fingerprint density at radius 3 is 2.68 bits per heavy atom. The quantitative estimate of drug-likeness (QED) is 0.637. The number of nitrogens with zero attached hydrogens (tertiary/aromatic N) is 2. The van der Waals surface area contributed by atoms with Gasteiger partial charge in [-0.2, -0.15) is 18.4 Å². The second kappa shape index (κ2) is 7.56. The highest BCUT2D eigenvalue weighted by Crippen LogP contribution is 2.36. The van der Waals surface area contributed by atoms with E-state index in [9.17, 15) is 23.2 Å². The molecular weight excluding hydrogens is 371 g/mol. The summed E-state index contributed by atoms with van der Waals surface area (Å²) < 4.78 is 44.6. The van der Waals surface area contributed by atoms with Crippen molar-refractivity contribution >= 4 is 28.2 Å². The molecular formula is C20H14F3N3O2. The number of carbonyl (C=O) groups excluding carboxylic acids is 1. The highest BCUT2D eigenvalue weighted by atomic mass is 19.4.